The summed E-state index contributed by atoms with van der Waals surface area (Å²) in [5.74, 6) is 0. The van der Waals surface area contributed by atoms with Gasteiger partial charge in [-0.3, -0.25) is 0 Å². The predicted molar refractivity (Wildman–Crippen MR) is 43.8 cm³/mol. The minimum Gasteiger partial charge on any atom is -0.212 e. The van der Waals surface area contributed by atoms with Crippen molar-refractivity contribution in [2.24, 2.45) is 0 Å². The van der Waals surface area contributed by atoms with Gasteiger partial charge in [-0.05, 0) is 12.8 Å². The first-order valence-corrected chi connectivity index (χ1v) is 5.83. The SMILES string of the molecule is CCC[C@H](CC)S(=O)(=O)Cl. The van der Waals surface area contributed by atoms with E-state index in [9.17, 15) is 8.42 Å². The van der Waals surface area contributed by atoms with E-state index in [4.69, 9.17) is 10.7 Å². The summed E-state index contributed by atoms with van der Waals surface area (Å²) in [5.41, 5.74) is 0. The molecule has 0 aromatic rings. The summed E-state index contributed by atoms with van der Waals surface area (Å²) in [4.78, 5) is 0. The molecule has 0 unspecified atom stereocenters. The van der Waals surface area contributed by atoms with Crippen molar-refractivity contribution in [3.8, 4) is 0 Å². The molecule has 0 radical (unpaired) electrons. The topological polar surface area (TPSA) is 34.1 Å². The van der Waals surface area contributed by atoms with E-state index in [2.05, 4.69) is 0 Å². The van der Waals surface area contributed by atoms with Gasteiger partial charge < -0.3 is 0 Å². The number of hydrogen-bond donors (Lipinski definition) is 0. The quantitative estimate of drug-likeness (QED) is 0.628. The van der Waals surface area contributed by atoms with Gasteiger partial charge in [0, 0.05) is 10.7 Å². The molecule has 0 bridgehead atoms. The molecule has 2 nitrogen and oxygen atoms in total. The molecule has 0 aliphatic rings. The fourth-order valence-corrected chi connectivity index (χ4v) is 2.43. The number of hydrogen-bond acceptors (Lipinski definition) is 2. The monoisotopic (exact) mass is 184 g/mol. The molecule has 0 aromatic heterocycles. The maximum absolute atomic E-state index is 10.7. The van der Waals surface area contributed by atoms with Gasteiger partial charge >= 0.3 is 0 Å². The summed E-state index contributed by atoms with van der Waals surface area (Å²) in [6.45, 7) is 3.78. The van der Waals surface area contributed by atoms with Crippen molar-refractivity contribution in [2.45, 2.75) is 38.4 Å². The molecular formula is C6H13ClO2S. The zero-order valence-corrected chi connectivity index (χ0v) is 7.87. The molecule has 0 amide bonds. The molecule has 0 fully saturated rings. The van der Waals surface area contributed by atoms with Crippen LogP contribution in [0, 0.1) is 0 Å². The first-order valence-electron chi connectivity index (χ1n) is 3.45. The van der Waals surface area contributed by atoms with E-state index in [1.807, 2.05) is 13.8 Å². The Kier molecular flexibility index (Phi) is 4.29. The van der Waals surface area contributed by atoms with Gasteiger partial charge in [0.2, 0.25) is 9.05 Å². The Morgan fingerprint density at radius 2 is 1.90 bits per heavy atom. The highest BCUT2D eigenvalue weighted by atomic mass is 35.7. The lowest BCUT2D eigenvalue weighted by atomic mass is 10.2. The van der Waals surface area contributed by atoms with Crippen LogP contribution in [0.3, 0.4) is 0 Å². The van der Waals surface area contributed by atoms with Crippen LogP contribution in [0.4, 0.5) is 0 Å². The van der Waals surface area contributed by atoms with E-state index < -0.39 is 9.05 Å². The number of halogens is 1. The Morgan fingerprint density at radius 3 is 2.00 bits per heavy atom. The zero-order valence-electron chi connectivity index (χ0n) is 6.30. The molecule has 0 rings (SSSR count). The van der Waals surface area contributed by atoms with Gasteiger partial charge in [0.05, 0.1) is 5.25 Å². The fourth-order valence-electron chi connectivity index (χ4n) is 0.866. The van der Waals surface area contributed by atoms with Crippen LogP contribution in [0.5, 0.6) is 0 Å². The average molecular weight is 185 g/mol. The summed E-state index contributed by atoms with van der Waals surface area (Å²) >= 11 is 0. The normalized spacial score (nSPS) is 15.1. The standard InChI is InChI=1S/C6H13ClO2S/c1-3-5-6(4-2)10(7,8)9/h6H,3-5H2,1-2H3/t6-/m0/s1. The van der Waals surface area contributed by atoms with Crippen LogP contribution in [-0.2, 0) is 9.05 Å². The fraction of sp³-hybridized carbons (Fsp3) is 1.00. The van der Waals surface area contributed by atoms with Gasteiger partial charge in [0.15, 0.2) is 0 Å². The largest absolute Gasteiger partial charge is 0.235 e. The van der Waals surface area contributed by atoms with Gasteiger partial charge in [-0.15, -0.1) is 0 Å². The van der Waals surface area contributed by atoms with Crippen molar-refractivity contribution in [1.29, 1.82) is 0 Å². The van der Waals surface area contributed by atoms with E-state index >= 15 is 0 Å². The van der Waals surface area contributed by atoms with Crippen molar-refractivity contribution >= 4 is 19.7 Å². The molecule has 0 heterocycles. The zero-order chi connectivity index (χ0) is 8.20. The summed E-state index contributed by atoms with van der Waals surface area (Å²) in [6, 6.07) is 0. The first-order chi connectivity index (χ1) is 4.52. The Labute approximate surface area is 67.0 Å². The first kappa shape index (κ1) is 10.2. The minimum absolute atomic E-state index is 0.348. The smallest absolute Gasteiger partial charge is 0.212 e. The van der Waals surface area contributed by atoms with Crippen molar-refractivity contribution < 1.29 is 8.42 Å². The molecular weight excluding hydrogens is 172 g/mol. The van der Waals surface area contributed by atoms with E-state index in [1.54, 1.807) is 0 Å². The molecule has 0 spiro atoms. The summed E-state index contributed by atoms with van der Waals surface area (Å²) in [7, 11) is 1.85. The molecule has 0 N–H and O–H groups in total. The van der Waals surface area contributed by atoms with Crippen LogP contribution < -0.4 is 0 Å². The van der Waals surface area contributed by atoms with Crippen LogP contribution in [0.25, 0.3) is 0 Å². The number of rotatable bonds is 4. The average Bonchev–Trinajstić information content (AvgIpc) is 1.80. The molecule has 62 valence electrons. The highest BCUT2D eigenvalue weighted by Crippen LogP contribution is 2.15. The van der Waals surface area contributed by atoms with Gasteiger partial charge in [0.1, 0.15) is 0 Å². The van der Waals surface area contributed by atoms with Gasteiger partial charge in [0.25, 0.3) is 0 Å². The van der Waals surface area contributed by atoms with Crippen molar-refractivity contribution in [2.75, 3.05) is 0 Å². The van der Waals surface area contributed by atoms with Gasteiger partial charge in [-0.25, -0.2) is 8.42 Å². The maximum Gasteiger partial charge on any atom is 0.235 e. The molecule has 0 saturated carbocycles. The lowest BCUT2D eigenvalue weighted by Crippen LogP contribution is -2.14. The van der Waals surface area contributed by atoms with Gasteiger partial charge in [-0.2, -0.15) is 0 Å². The van der Waals surface area contributed by atoms with Crippen LogP contribution in [-0.4, -0.2) is 13.7 Å². The molecule has 0 aliphatic heterocycles. The van der Waals surface area contributed by atoms with Crippen LogP contribution in [0.1, 0.15) is 33.1 Å². The van der Waals surface area contributed by atoms with Crippen LogP contribution in [0.2, 0.25) is 0 Å². The molecule has 10 heavy (non-hydrogen) atoms. The van der Waals surface area contributed by atoms with E-state index in [1.165, 1.54) is 0 Å². The Bertz CT molecular complexity index is 174. The third-order valence-corrected chi connectivity index (χ3v) is 3.59. The summed E-state index contributed by atoms with van der Waals surface area (Å²) < 4.78 is 21.4. The Morgan fingerprint density at radius 1 is 1.40 bits per heavy atom. The summed E-state index contributed by atoms with van der Waals surface area (Å²) in [5, 5.41) is -0.348. The van der Waals surface area contributed by atoms with E-state index in [-0.39, 0.29) is 5.25 Å². The lowest BCUT2D eigenvalue weighted by Gasteiger charge is -2.07. The minimum atomic E-state index is -3.30. The van der Waals surface area contributed by atoms with E-state index in [0.29, 0.717) is 12.8 Å². The summed E-state index contributed by atoms with van der Waals surface area (Å²) in [6.07, 6.45) is 2.15. The molecule has 1 atom stereocenters. The third-order valence-electron chi connectivity index (χ3n) is 1.46. The van der Waals surface area contributed by atoms with Crippen molar-refractivity contribution in [3.05, 3.63) is 0 Å². The molecule has 0 saturated heterocycles. The van der Waals surface area contributed by atoms with Gasteiger partial charge in [-0.1, -0.05) is 20.3 Å². The highest BCUT2D eigenvalue weighted by molar-refractivity contribution is 8.14. The van der Waals surface area contributed by atoms with Crippen LogP contribution >= 0.6 is 10.7 Å². The van der Waals surface area contributed by atoms with Crippen molar-refractivity contribution in [1.82, 2.24) is 0 Å². The van der Waals surface area contributed by atoms with Crippen molar-refractivity contribution in [3.63, 3.8) is 0 Å². The Balaban J connectivity index is 4.08. The lowest BCUT2D eigenvalue weighted by molar-refractivity contribution is 0.578. The maximum atomic E-state index is 10.7. The molecule has 4 heteroatoms. The molecule has 0 aliphatic carbocycles. The third kappa shape index (κ3) is 3.42. The second kappa shape index (κ2) is 4.19. The highest BCUT2D eigenvalue weighted by Gasteiger charge is 2.19. The molecule has 0 aromatic carbocycles. The van der Waals surface area contributed by atoms with E-state index in [0.717, 1.165) is 6.42 Å². The predicted octanol–water partition coefficient (Wildman–Crippen LogP) is 2.13. The second-order valence-electron chi connectivity index (χ2n) is 2.29. The second-order valence-corrected chi connectivity index (χ2v) is 5.20. The Hall–Kier alpha value is 0.240. The van der Waals surface area contributed by atoms with Crippen LogP contribution in [0.15, 0.2) is 0 Å².